The van der Waals surface area contributed by atoms with Crippen molar-refractivity contribution >= 4 is 0 Å². The minimum absolute atomic E-state index is 0.228. The molecule has 3 rings (SSSR count). The molecule has 104 valence electrons. The van der Waals surface area contributed by atoms with Crippen molar-refractivity contribution in [2.75, 3.05) is 6.61 Å². The highest BCUT2D eigenvalue weighted by Gasteiger charge is 2.20. The molecule has 2 atom stereocenters. The highest BCUT2D eigenvalue weighted by molar-refractivity contribution is 5.39. The van der Waals surface area contributed by atoms with Gasteiger partial charge >= 0.3 is 0 Å². The Kier molecular flexibility index (Phi) is 3.72. The van der Waals surface area contributed by atoms with Crippen molar-refractivity contribution in [3.8, 4) is 5.75 Å². The van der Waals surface area contributed by atoms with Gasteiger partial charge in [0.05, 0.1) is 6.10 Å². The molecule has 0 saturated heterocycles. The van der Waals surface area contributed by atoms with Crippen molar-refractivity contribution in [2.24, 2.45) is 0 Å². The molecule has 0 fully saturated rings. The summed E-state index contributed by atoms with van der Waals surface area (Å²) in [5.41, 5.74) is 2.99. The van der Waals surface area contributed by atoms with Gasteiger partial charge in [0.15, 0.2) is 0 Å². The predicted octanol–water partition coefficient (Wildman–Crippen LogP) is 2.78. The fourth-order valence-electron chi connectivity index (χ4n) is 2.61. The molecule has 2 aromatic carbocycles. The van der Waals surface area contributed by atoms with Crippen LogP contribution in [0, 0.1) is 0 Å². The van der Waals surface area contributed by atoms with Gasteiger partial charge in [0, 0.05) is 0 Å². The van der Waals surface area contributed by atoms with Gasteiger partial charge < -0.3 is 14.9 Å². The Labute approximate surface area is 118 Å². The number of hydrogen-bond acceptors (Lipinski definition) is 3. The van der Waals surface area contributed by atoms with Crippen LogP contribution in [-0.2, 0) is 6.42 Å². The molecule has 0 saturated carbocycles. The van der Waals surface area contributed by atoms with E-state index < -0.39 is 6.10 Å². The largest absolute Gasteiger partial charge is 0.491 e. The van der Waals surface area contributed by atoms with Gasteiger partial charge in [-0.2, -0.15) is 0 Å². The van der Waals surface area contributed by atoms with Crippen LogP contribution in [0.4, 0.5) is 0 Å². The van der Waals surface area contributed by atoms with E-state index >= 15 is 0 Å². The van der Waals surface area contributed by atoms with Crippen LogP contribution < -0.4 is 4.74 Å². The maximum atomic E-state index is 10.1. The second-order valence-electron chi connectivity index (χ2n) is 5.15. The Balaban J connectivity index is 1.64. The maximum absolute atomic E-state index is 10.1. The molecule has 1 unspecified atom stereocenters. The molecule has 0 aromatic heterocycles. The van der Waals surface area contributed by atoms with Crippen LogP contribution in [0.1, 0.15) is 35.3 Å². The van der Waals surface area contributed by atoms with E-state index in [2.05, 4.69) is 0 Å². The van der Waals surface area contributed by atoms with E-state index in [4.69, 9.17) is 4.74 Å². The third-order valence-electron chi connectivity index (χ3n) is 3.75. The summed E-state index contributed by atoms with van der Waals surface area (Å²) in [6.07, 6.45) is 0.699. The van der Waals surface area contributed by atoms with Gasteiger partial charge in [0.1, 0.15) is 18.5 Å². The SMILES string of the molecule is OC(COc1ccc2c(c1)CC[C@H]2O)c1ccccc1. The van der Waals surface area contributed by atoms with E-state index in [1.807, 2.05) is 48.5 Å². The molecule has 0 aliphatic heterocycles. The number of ether oxygens (including phenoxy) is 1. The van der Waals surface area contributed by atoms with Gasteiger partial charge in [-0.05, 0) is 41.7 Å². The lowest BCUT2D eigenvalue weighted by Crippen LogP contribution is -2.09. The Bertz CT molecular complexity index is 580. The fourth-order valence-corrected chi connectivity index (χ4v) is 2.61. The Morgan fingerprint density at radius 3 is 2.75 bits per heavy atom. The van der Waals surface area contributed by atoms with Crippen LogP contribution in [0.5, 0.6) is 5.75 Å². The lowest BCUT2D eigenvalue weighted by atomic mass is 10.1. The fraction of sp³-hybridized carbons (Fsp3) is 0.294. The number of aliphatic hydroxyl groups excluding tert-OH is 2. The van der Waals surface area contributed by atoms with E-state index in [1.54, 1.807) is 0 Å². The zero-order chi connectivity index (χ0) is 13.9. The van der Waals surface area contributed by atoms with Crippen molar-refractivity contribution in [3.05, 3.63) is 65.2 Å². The molecule has 0 bridgehead atoms. The van der Waals surface area contributed by atoms with E-state index in [0.717, 1.165) is 35.3 Å². The van der Waals surface area contributed by atoms with Gasteiger partial charge in [-0.15, -0.1) is 0 Å². The number of hydrogen-bond donors (Lipinski definition) is 2. The smallest absolute Gasteiger partial charge is 0.119 e. The van der Waals surface area contributed by atoms with Gasteiger partial charge in [0.25, 0.3) is 0 Å². The van der Waals surface area contributed by atoms with E-state index in [0.29, 0.717) is 0 Å². The number of rotatable bonds is 4. The van der Waals surface area contributed by atoms with Crippen LogP contribution >= 0.6 is 0 Å². The lowest BCUT2D eigenvalue weighted by molar-refractivity contribution is 0.108. The summed E-state index contributed by atoms with van der Waals surface area (Å²) < 4.78 is 5.65. The normalized spacial score (nSPS) is 18.6. The Morgan fingerprint density at radius 1 is 1.15 bits per heavy atom. The summed E-state index contributed by atoms with van der Waals surface area (Å²) in [4.78, 5) is 0. The summed E-state index contributed by atoms with van der Waals surface area (Å²) in [6.45, 7) is 0.228. The number of benzene rings is 2. The summed E-state index contributed by atoms with van der Waals surface area (Å²) in [6, 6.07) is 15.2. The molecule has 0 amide bonds. The first-order valence-electron chi connectivity index (χ1n) is 6.91. The maximum Gasteiger partial charge on any atom is 0.119 e. The summed E-state index contributed by atoms with van der Waals surface area (Å²) in [5, 5.41) is 19.8. The highest BCUT2D eigenvalue weighted by Crippen LogP contribution is 2.33. The average Bonchev–Trinajstić information content (AvgIpc) is 2.87. The Morgan fingerprint density at radius 2 is 1.95 bits per heavy atom. The first-order chi connectivity index (χ1) is 9.74. The molecule has 0 radical (unpaired) electrons. The second-order valence-corrected chi connectivity index (χ2v) is 5.15. The summed E-state index contributed by atoms with van der Waals surface area (Å²) in [5.74, 6) is 0.743. The van der Waals surface area contributed by atoms with E-state index in [9.17, 15) is 10.2 Å². The zero-order valence-corrected chi connectivity index (χ0v) is 11.2. The zero-order valence-electron chi connectivity index (χ0n) is 11.2. The predicted molar refractivity (Wildman–Crippen MR) is 76.6 cm³/mol. The van der Waals surface area contributed by atoms with Crippen molar-refractivity contribution in [3.63, 3.8) is 0 Å². The number of fused-ring (bicyclic) bond motifs is 1. The molecular weight excluding hydrogens is 252 g/mol. The van der Waals surface area contributed by atoms with Gasteiger partial charge in [-0.3, -0.25) is 0 Å². The monoisotopic (exact) mass is 270 g/mol. The van der Waals surface area contributed by atoms with Gasteiger partial charge in [0.2, 0.25) is 0 Å². The van der Waals surface area contributed by atoms with E-state index in [1.165, 1.54) is 0 Å². The highest BCUT2D eigenvalue weighted by atomic mass is 16.5. The third-order valence-corrected chi connectivity index (χ3v) is 3.75. The first kappa shape index (κ1) is 13.2. The van der Waals surface area contributed by atoms with Gasteiger partial charge in [-0.1, -0.05) is 36.4 Å². The molecule has 0 heterocycles. The topological polar surface area (TPSA) is 49.7 Å². The second kappa shape index (κ2) is 5.65. The molecule has 1 aliphatic rings. The van der Waals surface area contributed by atoms with Gasteiger partial charge in [-0.25, -0.2) is 0 Å². The van der Waals surface area contributed by atoms with Crippen LogP contribution in [0.2, 0.25) is 0 Å². The molecule has 2 aromatic rings. The molecule has 0 spiro atoms. The first-order valence-corrected chi connectivity index (χ1v) is 6.91. The number of aliphatic hydroxyl groups is 2. The van der Waals surface area contributed by atoms with Crippen LogP contribution in [0.15, 0.2) is 48.5 Å². The van der Waals surface area contributed by atoms with Crippen molar-refractivity contribution < 1.29 is 14.9 Å². The quantitative estimate of drug-likeness (QED) is 0.898. The number of aryl methyl sites for hydroxylation is 1. The molecular formula is C17H18O3. The minimum atomic E-state index is -0.630. The van der Waals surface area contributed by atoms with Crippen molar-refractivity contribution in [2.45, 2.75) is 25.0 Å². The molecule has 2 N–H and O–H groups in total. The molecule has 20 heavy (non-hydrogen) atoms. The summed E-state index contributed by atoms with van der Waals surface area (Å²) in [7, 11) is 0. The van der Waals surface area contributed by atoms with Crippen molar-refractivity contribution in [1.82, 2.24) is 0 Å². The lowest BCUT2D eigenvalue weighted by Gasteiger charge is -2.13. The average molecular weight is 270 g/mol. The molecule has 1 aliphatic carbocycles. The van der Waals surface area contributed by atoms with Crippen LogP contribution in [0.25, 0.3) is 0 Å². The van der Waals surface area contributed by atoms with Crippen LogP contribution in [-0.4, -0.2) is 16.8 Å². The molecule has 3 heteroatoms. The minimum Gasteiger partial charge on any atom is -0.491 e. The van der Waals surface area contributed by atoms with Crippen molar-refractivity contribution in [1.29, 1.82) is 0 Å². The Hall–Kier alpha value is -1.84. The van der Waals surface area contributed by atoms with E-state index in [-0.39, 0.29) is 12.7 Å². The van der Waals surface area contributed by atoms with Crippen LogP contribution in [0.3, 0.4) is 0 Å². The third kappa shape index (κ3) is 2.69. The standard InChI is InChI=1S/C17H18O3/c18-16-9-6-13-10-14(7-8-15(13)16)20-11-17(19)12-4-2-1-3-5-12/h1-5,7-8,10,16-19H,6,9,11H2/t16-,17?/m1/s1. The molecule has 3 nitrogen and oxygen atoms in total. The summed E-state index contributed by atoms with van der Waals surface area (Å²) >= 11 is 0.